The van der Waals surface area contributed by atoms with Crippen molar-refractivity contribution in [3.63, 3.8) is 0 Å². The zero-order chi connectivity index (χ0) is 8.27. The fraction of sp³-hybridized carbons (Fsp3) is 0.778. The van der Waals surface area contributed by atoms with Gasteiger partial charge in [-0.05, 0) is 24.7 Å². The van der Waals surface area contributed by atoms with Gasteiger partial charge in [0.05, 0.1) is 12.7 Å². The lowest BCUT2D eigenvalue weighted by Crippen LogP contribution is -2.26. The lowest BCUT2D eigenvalue weighted by molar-refractivity contribution is 0.0392. The van der Waals surface area contributed by atoms with Crippen molar-refractivity contribution in [3.8, 4) is 0 Å². The molecular weight excluding hydrogens is 140 g/mol. The van der Waals surface area contributed by atoms with Crippen molar-refractivity contribution in [3.05, 3.63) is 12.7 Å². The summed E-state index contributed by atoms with van der Waals surface area (Å²) in [7, 11) is 0. The summed E-state index contributed by atoms with van der Waals surface area (Å²) in [6.45, 7) is 3.60. The van der Waals surface area contributed by atoms with Crippen molar-refractivity contribution in [1.29, 1.82) is 0 Å². The van der Waals surface area contributed by atoms with E-state index in [2.05, 4.69) is 6.58 Å². The Bertz CT molecular complexity index is 134. The molecule has 2 N–H and O–H groups in total. The van der Waals surface area contributed by atoms with Gasteiger partial charge < -0.3 is 10.2 Å². The maximum absolute atomic E-state index is 9.36. The Balaban J connectivity index is 2.48. The van der Waals surface area contributed by atoms with E-state index in [1.807, 2.05) is 6.08 Å². The van der Waals surface area contributed by atoms with Gasteiger partial charge in [-0.2, -0.15) is 0 Å². The predicted octanol–water partition coefficient (Wildman–Crippen LogP) is 0.942. The van der Waals surface area contributed by atoms with E-state index in [9.17, 15) is 5.11 Å². The molecule has 0 bridgehead atoms. The quantitative estimate of drug-likeness (QED) is 0.597. The van der Waals surface area contributed by atoms with Crippen LogP contribution in [-0.2, 0) is 0 Å². The van der Waals surface area contributed by atoms with Gasteiger partial charge in [0.25, 0.3) is 0 Å². The third-order valence-electron chi connectivity index (χ3n) is 2.61. The number of hydrogen-bond donors (Lipinski definition) is 2. The predicted molar refractivity (Wildman–Crippen MR) is 44.1 cm³/mol. The highest BCUT2D eigenvalue weighted by Crippen LogP contribution is 2.34. The third-order valence-corrected chi connectivity index (χ3v) is 2.61. The molecule has 1 rings (SSSR count). The molecule has 0 heterocycles. The number of allylic oxidation sites excluding steroid dienone is 1. The Hall–Kier alpha value is -0.340. The molecule has 3 atom stereocenters. The molecule has 64 valence electrons. The monoisotopic (exact) mass is 156 g/mol. The first-order valence-corrected chi connectivity index (χ1v) is 4.21. The van der Waals surface area contributed by atoms with Crippen LogP contribution < -0.4 is 0 Å². The summed E-state index contributed by atoms with van der Waals surface area (Å²) in [6, 6.07) is 0. The van der Waals surface area contributed by atoms with E-state index < -0.39 is 6.10 Å². The second kappa shape index (κ2) is 3.88. The Labute approximate surface area is 67.6 Å². The van der Waals surface area contributed by atoms with Crippen LogP contribution in [0, 0.1) is 11.8 Å². The lowest BCUT2D eigenvalue weighted by atomic mass is 9.91. The van der Waals surface area contributed by atoms with Crippen molar-refractivity contribution < 1.29 is 10.2 Å². The molecular formula is C9H16O2. The molecule has 0 aromatic carbocycles. The van der Waals surface area contributed by atoms with Crippen LogP contribution in [0.4, 0.5) is 0 Å². The molecule has 2 nitrogen and oxygen atoms in total. The van der Waals surface area contributed by atoms with Crippen LogP contribution in [0.15, 0.2) is 12.7 Å². The number of hydrogen-bond acceptors (Lipinski definition) is 2. The van der Waals surface area contributed by atoms with Gasteiger partial charge in [0.1, 0.15) is 0 Å². The van der Waals surface area contributed by atoms with E-state index in [4.69, 9.17) is 5.11 Å². The smallest absolute Gasteiger partial charge is 0.0804 e. The Morgan fingerprint density at radius 1 is 1.55 bits per heavy atom. The normalized spacial score (nSPS) is 33.6. The SMILES string of the molecule is C=CC1CCC[C@@H]1[C@@H](O)CO. The zero-order valence-electron chi connectivity index (χ0n) is 6.74. The highest BCUT2D eigenvalue weighted by Gasteiger charge is 2.30. The van der Waals surface area contributed by atoms with E-state index in [-0.39, 0.29) is 12.5 Å². The van der Waals surface area contributed by atoms with Crippen LogP contribution in [0.3, 0.4) is 0 Å². The first-order chi connectivity index (χ1) is 5.29. The first kappa shape index (κ1) is 8.75. The average Bonchev–Trinajstić information content (AvgIpc) is 2.50. The van der Waals surface area contributed by atoms with Crippen molar-refractivity contribution in [2.45, 2.75) is 25.4 Å². The first-order valence-electron chi connectivity index (χ1n) is 4.21. The van der Waals surface area contributed by atoms with E-state index in [1.54, 1.807) is 0 Å². The molecule has 0 radical (unpaired) electrons. The van der Waals surface area contributed by atoms with Gasteiger partial charge in [-0.25, -0.2) is 0 Å². The molecule has 1 saturated carbocycles. The summed E-state index contributed by atoms with van der Waals surface area (Å²) >= 11 is 0. The molecule has 1 fully saturated rings. The van der Waals surface area contributed by atoms with Crippen LogP contribution >= 0.6 is 0 Å². The Kier molecular flexibility index (Phi) is 3.09. The second-order valence-electron chi connectivity index (χ2n) is 3.24. The maximum atomic E-state index is 9.36. The summed E-state index contributed by atoms with van der Waals surface area (Å²) < 4.78 is 0. The van der Waals surface area contributed by atoms with Crippen molar-refractivity contribution in [2.75, 3.05) is 6.61 Å². The molecule has 2 heteroatoms. The molecule has 11 heavy (non-hydrogen) atoms. The number of aliphatic hydroxyl groups is 2. The van der Waals surface area contributed by atoms with Gasteiger partial charge in [-0.15, -0.1) is 6.58 Å². The summed E-state index contributed by atoms with van der Waals surface area (Å²) in [5, 5.41) is 18.1. The molecule has 0 amide bonds. The molecule has 0 aromatic rings. The number of rotatable bonds is 3. The van der Waals surface area contributed by atoms with Gasteiger partial charge >= 0.3 is 0 Å². The summed E-state index contributed by atoms with van der Waals surface area (Å²) in [4.78, 5) is 0. The largest absolute Gasteiger partial charge is 0.394 e. The lowest BCUT2D eigenvalue weighted by Gasteiger charge is -2.20. The van der Waals surface area contributed by atoms with Gasteiger partial charge in [0.15, 0.2) is 0 Å². The molecule has 0 saturated heterocycles. The minimum Gasteiger partial charge on any atom is -0.394 e. The van der Waals surface area contributed by atoms with E-state index in [1.165, 1.54) is 0 Å². The zero-order valence-corrected chi connectivity index (χ0v) is 6.74. The Morgan fingerprint density at radius 2 is 2.27 bits per heavy atom. The molecule has 0 aliphatic heterocycles. The van der Waals surface area contributed by atoms with Gasteiger partial charge in [0, 0.05) is 0 Å². The fourth-order valence-electron chi connectivity index (χ4n) is 1.92. The Morgan fingerprint density at radius 3 is 2.82 bits per heavy atom. The van der Waals surface area contributed by atoms with Gasteiger partial charge in [-0.1, -0.05) is 12.5 Å². The summed E-state index contributed by atoms with van der Waals surface area (Å²) in [5.74, 6) is 0.662. The second-order valence-corrected chi connectivity index (χ2v) is 3.24. The third kappa shape index (κ3) is 1.82. The van der Waals surface area contributed by atoms with Gasteiger partial charge in [0.2, 0.25) is 0 Å². The molecule has 1 aliphatic carbocycles. The van der Waals surface area contributed by atoms with Crippen LogP contribution in [0.5, 0.6) is 0 Å². The minimum atomic E-state index is -0.541. The standard InChI is InChI=1S/C9H16O2/c1-2-7-4-3-5-8(7)9(11)6-10/h2,7-11H,1,3-6H2/t7?,8-,9-/m0/s1. The van der Waals surface area contributed by atoms with Crippen LogP contribution in [0.25, 0.3) is 0 Å². The van der Waals surface area contributed by atoms with Crippen molar-refractivity contribution in [2.24, 2.45) is 11.8 Å². The highest BCUT2D eigenvalue weighted by molar-refractivity contribution is 4.92. The summed E-state index contributed by atoms with van der Waals surface area (Å²) in [5.41, 5.74) is 0. The van der Waals surface area contributed by atoms with E-state index in [0.29, 0.717) is 5.92 Å². The van der Waals surface area contributed by atoms with E-state index >= 15 is 0 Å². The summed E-state index contributed by atoms with van der Waals surface area (Å²) in [6.07, 6.45) is 4.65. The number of aliphatic hydroxyl groups excluding tert-OH is 2. The molecule has 0 aromatic heterocycles. The van der Waals surface area contributed by atoms with Crippen molar-refractivity contribution in [1.82, 2.24) is 0 Å². The molecule has 1 aliphatic rings. The maximum Gasteiger partial charge on any atom is 0.0804 e. The fourth-order valence-corrected chi connectivity index (χ4v) is 1.92. The van der Waals surface area contributed by atoms with Gasteiger partial charge in [-0.3, -0.25) is 0 Å². The average molecular weight is 156 g/mol. The molecule has 0 spiro atoms. The molecule has 1 unspecified atom stereocenters. The van der Waals surface area contributed by atoms with E-state index in [0.717, 1.165) is 19.3 Å². The van der Waals surface area contributed by atoms with Crippen molar-refractivity contribution >= 4 is 0 Å². The minimum absolute atomic E-state index is 0.116. The van der Waals surface area contributed by atoms with Crippen LogP contribution in [-0.4, -0.2) is 22.9 Å². The topological polar surface area (TPSA) is 40.5 Å². The van der Waals surface area contributed by atoms with Crippen LogP contribution in [0.1, 0.15) is 19.3 Å². The highest BCUT2D eigenvalue weighted by atomic mass is 16.3. The van der Waals surface area contributed by atoms with Crippen LogP contribution in [0.2, 0.25) is 0 Å².